The number of hydrogen-bond donors (Lipinski definition) is 2. The zero-order valence-electron chi connectivity index (χ0n) is 11.5. The molecule has 2 rings (SSSR count). The van der Waals surface area contributed by atoms with Gasteiger partial charge in [0.2, 0.25) is 0 Å². The molecule has 0 radical (unpaired) electrons. The van der Waals surface area contributed by atoms with Gasteiger partial charge >= 0.3 is 12.0 Å². The van der Waals surface area contributed by atoms with Gasteiger partial charge in [-0.25, -0.2) is 4.79 Å². The third kappa shape index (κ3) is 4.00. The number of anilines is 1. The number of nitrogens with zero attached hydrogens (tertiary/aromatic N) is 1. The summed E-state index contributed by atoms with van der Waals surface area (Å²) in [6, 6.07) is 5.05. The van der Waals surface area contributed by atoms with E-state index in [2.05, 4.69) is 27.9 Å². The molecule has 0 saturated carbocycles. The van der Waals surface area contributed by atoms with Gasteiger partial charge < -0.3 is 15.3 Å². The van der Waals surface area contributed by atoms with Crippen molar-refractivity contribution in [3.8, 4) is 0 Å². The predicted molar refractivity (Wildman–Crippen MR) is 89.7 cm³/mol. The summed E-state index contributed by atoms with van der Waals surface area (Å²) < 4.78 is 0.992. The summed E-state index contributed by atoms with van der Waals surface area (Å²) in [6.45, 7) is 2.30. The fourth-order valence-electron chi connectivity index (χ4n) is 2.48. The van der Waals surface area contributed by atoms with Gasteiger partial charge in [0.1, 0.15) is 0 Å². The number of carboxylic acids is 1. The van der Waals surface area contributed by atoms with Crippen LogP contribution in [-0.4, -0.2) is 34.6 Å². The van der Waals surface area contributed by atoms with E-state index >= 15 is 0 Å². The van der Waals surface area contributed by atoms with Crippen molar-refractivity contribution in [2.24, 2.45) is 5.92 Å². The molecule has 1 aliphatic heterocycles. The number of carbonyl (C=O) groups excluding carboxylic acids is 1. The first kappa shape index (κ1) is 16.4. The molecular weight excluding hydrogens is 407 g/mol. The van der Waals surface area contributed by atoms with Crippen molar-refractivity contribution >= 4 is 51.9 Å². The molecule has 0 aliphatic carbocycles. The fourth-order valence-corrected chi connectivity index (χ4v) is 3.38. The van der Waals surface area contributed by atoms with Crippen molar-refractivity contribution in [2.75, 3.05) is 11.9 Å². The molecule has 1 aromatic rings. The average Bonchev–Trinajstić information content (AvgIpc) is 2.41. The molecule has 2 amide bonds. The van der Waals surface area contributed by atoms with E-state index in [0.717, 1.165) is 3.57 Å². The summed E-state index contributed by atoms with van der Waals surface area (Å²) in [5, 5.41) is 12.3. The number of likely N-dealkylation sites (tertiary alicyclic amines) is 1. The van der Waals surface area contributed by atoms with Crippen molar-refractivity contribution in [1.29, 1.82) is 0 Å². The molecule has 2 atom stereocenters. The molecule has 1 fully saturated rings. The van der Waals surface area contributed by atoms with Crippen molar-refractivity contribution in [1.82, 2.24) is 4.90 Å². The minimum atomic E-state index is -0.789. The third-order valence-corrected chi connectivity index (χ3v) is 4.64. The Morgan fingerprint density at radius 1 is 1.48 bits per heavy atom. The lowest BCUT2D eigenvalue weighted by molar-refractivity contribution is -0.143. The molecule has 0 aromatic heterocycles. The Labute approximate surface area is 141 Å². The first-order chi connectivity index (χ1) is 9.88. The van der Waals surface area contributed by atoms with Crippen LogP contribution in [0.15, 0.2) is 18.2 Å². The highest BCUT2D eigenvalue weighted by atomic mass is 127. The van der Waals surface area contributed by atoms with E-state index in [-0.39, 0.29) is 18.0 Å². The lowest BCUT2D eigenvalue weighted by Gasteiger charge is -2.36. The Morgan fingerprint density at radius 3 is 2.76 bits per heavy atom. The van der Waals surface area contributed by atoms with Crippen molar-refractivity contribution in [2.45, 2.75) is 25.8 Å². The van der Waals surface area contributed by atoms with Crippen LogP contribution in [0.5, 0.6) is 0 Å². The number of carboxylic acid groups (broad SMARTS) is 1. The van der Waals surface area contributed by atoms with Crippen LogP contribution in [0.2, 0.25) is 5.02 Å². The number of urea groups is 1. The van der Waals surface area contributed by atoms with Crippen LogP contribution >= 0.6 is 34.2 Å². The molecule has 1 heterocycles. The maximum atomic E-state index is 12.3. The lowest BCUT2D eigenvalue weighted by atomic mass is 9.92. The van der Waals surface area contributed by atoms with E-state index in [1.165, 1.54) is 0 Å². The van der Waals surface area contributed by atoms with Gasteiger partial charge in [0, 0.05) is 16.2 Å². The van der Waals surface area contributed by atoms with Gasteiger partial charge in [-0.2, -0.15) is 0 Å². The number of benzene rings is 1. The minimum absolute atomic E-state index is 0.109. The van der Waals surface area contributed by atoms with Crippen LogP contribution in [0.1, 0.15) is 19.8 Å². The van der Waals surface area contributed by atoms with Crippen molar-refractivity contribution in [3.05, 3.63) is 26.8 Å². The highest BCUT2D eigenvalue weighted by Crippen LogP contribution is 2.27. The Bertz CT molecular complexity index is 567. The predicted octanol–water partition coefficient (Wildman–Crippen LogP) is 3.66. The summed E-state index contributed by atoms with van der Waals surface area (Å²) in [5.74, 6) is -1.16. The summed E-state index contributed by atoms with van der Waals surface area (Å²) >= 11 is 8.25. The second-order valence-electron chi connectivity index (χ2n) is 5.16. The minimum Gasteiger partial charge on any atom is -0.481 e. The van der Waals surface area contributed by atoms with Gasteiger partial charge in [0.25, 0.3) is 0 Å². The van der Waals surface area contributed by atoms with E-state index in [0.29, 0.717) is 30.1 Å². The van der Waals surface area contributed by atoms with Crippen LogP contribution in [0.3, 0.4) is 0 Å². The highest BCUT2D eigenvalue weighted by molar-refractivity contribution is 14.1. The van der Waals surface area contributed by atoms with Crippen LogP contribution in [0.4, 0.5) is 10.5 Å². The standard InChI is InChI=1S/C14H16ClIN2O3/c1-8-6-9(13(19)20)4-5-18(8)14(21)17-12-3-2-10(16)7-11(12)15/h2-3,7-9H,4-6H2,1H3,(H,17,21)(H,19,20). The number of halogens is 2. The van der Waals surface area contributed by atoms with Crippen LogP contribution < -0.4 is 5.32 Å². The average molecular weight is 423 g/mol. The Morgan fingerprint density at radius 2 is 2.19 bits per heavy atom. The summed E-state index contributed by atoms with van der Waals surface area (Å²) in [5.41, 5.74) is 0.564. The first-order valence-corrected chi connectivity index (χ1v) is 8.09. The van der Waals surface area contributed by atoms with E-state index in [4.69, 9.17) is 16.7 Å². The highest BCUT2D eigenvalue weighted by Gasteiger charge is 2.32. The molecule has 0 spiro atoms. The zero-order valence-corrected chi connectivity index (χ0v) is 14.4. The molecule has 2 N–H and O–H groups in total. The monoisotopic (exact) mass is 422 g/mol. The number of nitrogens with one attached hydrogen (secondary N) is 1. The van der Waals surface area contributed by atoms with Gasteiger partial charge in [-0.15, -0.1) is 0 Å². The van der Waals surface area contributed by atoms with E-state index < -0.39 is 5.97 Å². The Balaban J connectivity index is 2.02. The van der Waals surface area contributed by atoms with Gasteiger partial charge in [-0.3, -0.25) is 4.79 Å². The molecular formula is C14H16ClIN2O3. The second-order valence-corrected chi connectivity index (χ2v) is 6.81. The van der Waals surface area contributed by atoms with Crippen molar-refractivity contribution in [3.63, 3.8) is 0 Å². The molecule has 5 nitrogen and oxygen atoms in total. The molecule has 21 heavy (non-hydrogen) atoms. The van der Waals surface area contributed by atoms with Gasteiger partial charge in [0.05, 0.1) is 16.6 Å². The van der Waals surface area contributed by atoms with E-state index in [9.17, 15) is 9.59 Å². The number of hydrogen-bond acceptors (Lipinski definition) is 2. The molecule has 2 unspecified atom stereocenters. The molecule has 114 valence electrons. The smallest absolute Gasteiger partial charge is 0.322 e. The third-order valence-electron chi connectivity index (χ3n) is 3.66. The normalized spacial score (nSPS) is 22.0. The molecule has 0 bridgehead atoms. The van der Waals surface area contributed by atoms with Crippen LogP contribution in [0.25, 0.3) is 0 Å². The second kappa shape index (κ2) is 6.83. The Kier molecular flexibility index (Phi) is 5.32. The first-order valence-electron chi connectivity index (χ1n) is 6.64. The van der Waals surface area contributed by atoms with Crippen LogP contribution in [0, 0.1) is 9.49 Å². The SMILES string of the molecule is CC1CC(C(=O)O)CCN1C(=O)Nc1ccc(I)cc1Cl. The molecule has 1 saturated heterocycles. The lowest BCUT2D eigenvalue weighted by Crippen LogP contribution is -2.47. The number of amides is 2. The van der Waals surface area contributed by atoms with Crippen LogP contribution in [-0.2, 0) is 4.79 Å². The maximum Gasteiger partial charge on any atom is 0.322 e. The summed E-state index contributed by atoms with van der Waals surface area (Å²) in [7, 11) is 0. The molecule has 1 aliphatic rings. The van der Waals surface area contributed by atoms with E-state index in [1.807, 2.05) is 13.0 Å². The topological polar surface area (TPSA) is 69.6 Å². The number of rotatable bonds is 2. The summed E-state index contributed by atoms with van der Waals surface area (Å²) in [6.07, 6.45) is 0.955. The van der Waals surface area contributed by atoms with Gasteiger partial charge in [0.15, 0.2) is 0 Å². The van der Waals surface area contributed by atoms with Gasteiger partial charge in [-0.1, -0.05) is 11.6 Å². The summed E-state index contributed by atoms with van der Waals surface area (Å²) in [4.78, 5) is 25.0. The van der Waals surface area contributed by atoms with E-state index in [1.54, 1.807) is 17.0 Å². The largest absolute Gasteiger partial charge is 0.481 e. The fraction of sp³-hybridized carbons (Fsp3) is 0.429. The van der Waals surface area contributed by atoms with Gasteiger partial charge in [-0.05, 0) is 60.6 Å². The number of piperidine rings is 1. The molecule has 7 heteroatoms. The maximum absolute atomic E-state index is 12.3. The zero-order chi connectivity index (χ0) is 15.6. The number of carbonyl (C=O) groups is 2. The molecule has 1 aromatic carbocycles. The number of aliphatic carboxylic acids is 1. The Hall–Kier alpha value is -1.02. The quantitative estimate of drug-likeness (QED) is 0.715. The van der Waals surface area contributed by atoms with Crippen molar-refractivity contribution < 1.29 is 14.7 Å².